The lowest BCUT2D eigenvalue weighted by molar-refractivity contribution is -0.158. The van der Waals surface area contributed by atoms with E-state index < -0.39 is 14.4 Å². The second-order valence-electron chi connectivity index (χ2n) is 13.9. The number of esters is 1. The van der Waals surface area contributed by atoms with E-state index in [1.165, 1.54) is 5.57 Å². The minimum Gasteiger partial charge on any atom is -0.461 e. The molecular weight excluding hydrogens is 494 g/mol. The van der Waals surface area contributed by atoms with Crippen LogP contribution in [0.15, 0.2) is 23.8 Å². The number of carbonyl (C=O) groups is 2. The predicted octanol–water partition coefficient (Wildman–Crippen LogP) is 6.40. The number of hydrogen-bond donors (Lipinski definition) is 2. The molecule has 2 N–H and O–H groups in total. The van der Waals surface area contributed by atoms with Crippen molar-refractivity contribution in [3.05, 3.63) is 23.8 Å². The zero-order chi connectivity index (χ0) is 28.8. The molecule has 8 unspecified atom stereocenters. The van der Waals surface area contributed by atoms with Gasteiger partial charge in [0, 0.05) is 11.5 Å². The molecule has 0 aromatic heterocycles. The Morgan fingerprint density at radius 3 is 2.45 bits per heavy atom. The Labute approximate surface area is 233 Å². The normalized spacial score (nSPS) is 28.1. The van der Waals surface area contributed by atoms with Crippen LogP contribution in [-0.2, 0) is 18.8 Å². The SMILES string of the molecule is CCC(C)C(=O)OC1CC(C)C=C2C=CC(C)C(CCC(O)CC(CC(=O)NC(C)(C)C)O[Si](C)(C)C)C21. The number of nitrogens with one attached hydrogen (secondary N) is 1. The summed E-state index contributed by atoms with van der Waals surface area (Å²) >= 11 is 0. The van der Waals surface area contributed by atoms with E-state index in [2.05, 4.69) is 57.0 Å². The summed E-state index contributed by atoms with van der Waals surface area (Å²) in [4.78, 5) is 25.4. The average molecular weight is 550 g/mol. The Balaban J connectivity index is 2.11. The zero-order valence-corrected chi connectivity index (χ0v) is 26.7. The first-order valence-electron chi connectivity index (χ1n) is 14.8. The van der Waals surface area contributed by atoms with Crippen molar-refractivity contribution in [1.82, 2.24) is 5.32 Å². The number of rotatable bonds is 12. The first-order chi connectivity index (χ1) is 17.5. The molecule has 218 valence electrons. The van der Waals surface area contributed by atoms with Crippen LogP contribution in [0.2, 0.25) is 19.6 Å². The highest BCUT2D eigenvalue weighted by Gasteiger charge is 2.41. The van der Waals surface area contributed by atoms with Gasteiger partial charge in [0.1, 0.15) is 6.10 Å². The minimum absolute atomic E-state index is 0.0453. The number of allylic oxidation sites excluding steroid dienone is 3. The minimum atomic E-state index is -1.90. The summed E-state index contributed by atoms with van der Waals surface area (Å²) in [6.45, 7) is 20.6. The first kappa shape index (κ1) is 32.8. The molecule has 0 aromatic carbocycles. The lowest BCUT2D eigenvalue weighted by Gasteiger charge is -2.43. The molecule has 2 aliphatic carbocycles. The number of aliphatic hydroxyl groups excluding tert-OH is 1. The lowest BCUT2D eigenvalue weighted by atomic mass is 9.65. The molecule has 0 aliphatic heterocycles. The fourth-order valence-corrected chi connectivity index (χ4v) is 6.99. The summed E-state index contributed by atoms with van der Waals surface area (Å²) in [5, 5.41) is 14.1. The smallest absolute Gasteiger partial charge is 0.308 e. The predicted molar refractivity (Wildman–Crippen MR) is 157 cm³/mol. The maximum atomic E-state index is 12.7. The second-order valence-corrected chi connectivity index (χ2v) is 18.4. The summed E-state index contributed by atoms with van der Waals surface area (Å²) in [6, 6.07) is 0. The summed E-state index contributed by atoms with van der Waals surface area (Å²) in [5.41, 5.74) is 0.962. The van der Waals surface area contributed by atoms with Crippen molar-refractivity contribution in [2.24, 2.45) is 29.6 Å². The molecule has 7 heteroatoms. The topological polar surface area (TPSA) is 84.9 Å². The number of carbonyl (C=O) groups excluding carboxylic acids is 2. The molecule has 6 nitrogen and oxygen atoms in total. The number of fused-ring (bicyclic) bond motifs is 1. The largest absolute Gasteiger partial charge is 0.461 e. The Kier molecular flexibility index (Phi) is 11.9. The van der Waals surface area contributed by atoms with E-state index in [1.54, 1.807) is 0 Å². The highest BCUT2D eigenvalue weighted by molar-refractivity contribution is 6.69. The maximum absolute atomic E-state index is 12.7. The summed E-state index contributed by atoms with van der Waals surface area (Å²) < 4.78 is 12.5. The van der Waals surface area contributed by atoms with E-state index in [0.717, 1.165) is 19.3 Å². The van der Waals surface area contributed by atoms with E-state index in [9.17, 15) is 14.7 Å². The van der Waals surface area contributed by atoms with Crippen molar-refractivity contribution < 1.29 is 23.9 Å². The van der Waals surface area contributed by atoms with Crippen molar-refractivity contribution in [2.75, 3.05) is 0 Å². The third-order valence-electron chi connectivity index (χ3n) is 7.69. The number of ether oxygens (including phenoxy) is 1. The Bertz CT molecular complexity index is 855. The van der Waals surface area contributed by atoms with Gasteiger partial charge in [-0.2, -0.15) is 0 Å². The standard InChI is InChI=1S/C31H55NO5Si/c1-11-21(3)30(35)36-27-17-20(2)16-23-13-12-22(4)26(29(23)27)15-14-24(33)18-25(37-38(8,9)10)19-28(34)32-31(5,6)7/h12-13,16,20-22,24-27,29,33H,11,14-15,17-19H2,1-10H3,(H,32,34). The van der Waals surface area contributed by atoms with Crippen LogP contribution in [0, 0.1) is 29.6 Å². The van der Waals surface area contributed by atoms with Gasteiger partial charge in [-0.1, -0.05) is 45.9 Å². The van der Waals surface area contributed by atoms with Crippen LogP contribution in [0.5, 0.6) is 0 Å². The van der Waals surface area contributed by atoms with Crippen molar-refractivity contribution in [2.45, 2.75) is 130 Å². The molecule has 0 heterocycles. The molecular formula is C31H55NO5Si. The quantitative estimate of drug-likeness (QED) is 0.217. The number of amides is 1. The summed E-state index contributed by atoms with van der Waals surface area (Å²) in [6.07, 6.45) is 9.56. The van der Waals surface area contributed by atoms with Gasteiger partial charge in [0.25, 0.3) is 0 Å². The molecule has 2 aliphatic rings. The van der Waals surface area contributed by atoms with Crippen molar-refractivity contribution in [1.29, 1.82) is 0 Å². The van der Waals surface area contributed by atoms with E-state index >= 15 is 0 Å². The highest BCUT2D eigenvalue weighted by atomic mass is 28.4. The third-order valence-corrected chi connectivity index (χ3v) is 8.73. The van der Waals surface area contributed by atoms with E-state index in [-0.39, 0.29) is 53.8 Å². The van der Waals surface area contributed by atoms with Gasteiger partial charge >= 0.3 is 5.97 Å². The van der Waals surface area contributed by atoms with Crippen molar-refractivity contribution in [3.63, 3.8) is 0 Å². The van der Waals surface area contributed by atoms with Crippen LogP contribution >= 0.6 is 0 Å². The van der Waals surface area contributed by atoms with Gasteiger partial charge in [-0.15, -0.1) is 0 Å². The Morgan fingerprint density at radius 1 is 1.21 bits per heavy atom. The average Bonchev–Trinajstić information content (AvgIpc) is 2.75. The molecule has 0 saturated heterocycles. The molecule has 8 atom stereocenters. The molecule has 0 bridgehead atoms. The van der Waals surface area contributed by atoms with Gasteiger partial charge in [-0.25, -0.2) is 0 Å². The number of aliphatic hydroxyl groups is 1. The molecule has 2 rings (SSSR count). The fraction of sp³-hybridized carbons (Fsp3) is 0.806. The molecule has 0 radical (unpaired) electrons. The van der Waals surface area contributed by atoms with Crippen LogP contribution in [0.1, 0.15) is 87.0 Å². The Morgan fingerprint density at radius 2 is 1.87 bits per heavy atom. The molecule has 0 fully saturated rings. The molecule has 1 amide bonds. The maximum Gasteiger partial charge on any atom is 0.308 e. The van der Waals surface area contributed by atoms with Gasteiger partial charge in [-0.3, -0.25) is 9.59 Å². The fourth-order valence-electron chi connectivity index (χ4n) is 5.81. The van der Waals surface area contributed by atoms with Crippen LogP contribution in [0.4, 0.5) is 0 Å². The summed E-state index contributed by atoms with van der Waals surface area (Å²) in [7, 11) is -1.90. The van der Waals surface area contributed by atoms with Gasteiger partial charge in [0.05, 0.1) is 24.5 Å². The van der Waals surface area contributed by atoms with Gasteiger partial charge in [0.2, 0.25) is 5.91 Å². The van der Waals surface area contributed by atoms with Gasteiger partial charge in [0.15, 0.2) is 8.32 Å². The van der Waals surface area contributed by atoms with E-state index in [1.807, 2.05) is 34.6 Å². The van der Waals surface area contributed by atoms with Crippen LogP contribution in [0.25, 0.3) is 0 Å². The molecule has 0 saturated carbocycles. The van der Waals surface area contributed by atoms with Crippen molar-refractivity contribution in [3.8, 4) is 0 Å². The van der Waals surface area contributed by atoms with Gasteiger partial charge < -0.3 is 19.6 Å². The second kappa shape index (κ2) is 13.8. The van der Waals surface area contributed by atoms with E-state index in [0.29, 0.717) is 24.7 Å². The van der Waals surface area contributed by atoms with Gasteiger partial charge in [-0.05, 0) is 95.8 Å². The zero-order valence-electron chi connectivity index (χ0n) is 25.7. The van der Waals surface area contributed by atoms with E-state index in [4.69, 9.17) is 9.16 Å². The number of hydrogen-bond acceptors (Lipinski definition) is 5. The first-order valence-corrected chi connectivity index (χ1v) is 18.2. The highest BCUT2D eigenvalue weighted by Crippen LogP contribution is 2.45. The molecule has 0 aromatic rings. The van der Waals surface area contributed by atoms with Crippen LogP contribution in [-0.4, -0.2) is 49.2 Å². The molecule has 0 spiro atoms. The van der Waals surface area contributed by atoms with Crippen LogP contribution < -0.4 is 5.32 Å². The van der Waals surface area contributed by atoms with Crippen LogP contribution in [0.3, 0.4) is 0 Å². The monoisotopic (exact) mass is 549 g/mol. The summed E-state index contributed by atoms with van der Waals surface area (Å²) in [5.74, 6) is 0.868. The molecule has 38 heavy (non-hydrogen) atoms. The Hall–Kier alpha value is -1.44. The van der Waals surface area contributed by atoms with Crippen molar-refractivity contribution >= 4 is 20.2 Å². The lowest BCUT2D eigenvalue weighted by Crippen LogP contribution is -2.44. The third kappa shape index (κ3) is 10.6.